The Morgan fingerprint density at radius 1 is 1.21 bits per heavy atom. The van der Waals surface area contributed by atoms with Crippen molar-refractivity contribution in [1.82, 2.24) is 5.32 Å². The van der Waals surface area contributed by atoms with Crippen LogP contribution in [-0.4, -0.2) is 26.2 Å². The highest BCUT2D eigenvalue weighted by atomic mass is 19.1. The molecule has 1 N–H and O–H groups in total. The smallest absolute Gasteiger partial charge is 0.143 e. The topological polar surface area (TPSA) is 24.5 Å². The number of rotatable bonds is 2. The molecule has 0 saturated carbocycles. The average molecular weight is 326 g/mol. The first-order valence-electron chi connectivity index (χ1n) is 8.71. The highest BCUT2D eigenvalue weighted by Gasteiger charge is 2.25. The lowest BCUT2D eigenvalue weighted by molar-refractivity contribution is 0.305. The maximum Gasteiger partial charge on any atom is 0.143 e. The Balaban J connectivity index is 1.74. The summed E-state index contributed by atoms with van der Waals surface area (Å²) in [5.41, 5.74) is 6.00. The molecular formula is C20H23FN2O. The van der Waals surface area contributed by atoms with Crippen molar-refractivity contribution in [2.45, 2.75) is 26.3 Å². The largest absolute Gasteiger partial charge is 0.490 e. The molecule has 4 rings (SSSR count). The van der Waals surface area contributed by atoms with E-state index >= 15 is 0 Å². The Morgan fingerprint density at radius 2 is 2.04 bits per heavy atom. The van der Waals surface area contributed by atoms with Crippen molar-refractivity contribution in [3.8, 4) is 5.75 Å². The van der Waals surface area contributed by atoms with Crippen LogP contribution in [0, 0.1) is 12.7 Å². The summed E-state index contributed by atoms with van der Waals surface area (Å²) in [5, 5.41) is 3.47. The quantitative estimate of drug-likeness (QED) is 0.917. The molecule has 0 saturated heterocycles. The third-order valence-electron chi connectivity index (χ3n) is 5.11. The number of nitrogens with one attached hydrogen (secondary N) is 1. The van der Waals surface area contributed by atoms with Gasteiger partial charge in [-0.25, -0.2) is 4.39 Å². The average Bonchev–Trinajstić information content (AvgIpc) is 2.83. The second kappa shape index (κ2) is 6.44. The second-order valence-electron chi connectivity index (χ2n) is 6.60. The van der Waals surface area contributed by atoms with E-state index in [2.05, 4.69) is 23.2 Å². The lowest BCUT2D eigenvalue weighted by Crippen LogP contribution is -2.33. The first-order valence-corrected chi connectivity index (χ1v) is 8.71. The van der Waals surface area contributed by atoms with Crippen molar-refractivity contribution in [2.75, 3.05) is 31.1 Å². The molecule has 0 unspecified atom stereocenters. The summed E-state index contributed by atoms with van der Waals surface area (Å²) in [6.07, 6.45) is 2.09. The van der Waals surface area contributed by atoms with Crippen LogP contribution in [0.4, 0.5) is 10.1 Å². The number of anilines is 1. The zero-order valence-corrected chi connectivity index (χ0v) is 14.1. The maximum absolute atomic E-state index is 14.1. The van der Waals surface area contributed by atoms with Crippen molar-refractivity contribution < 1.29 is 9.13 Å². The van der Waals surface area contributed by atoms with Crippen LogP contribution >= 0.6 is 0 Å². The fourth-order valence-corrected chi connectivity index (χ4v) is 3.89. The molecule has 0 aliphatic carbocycles. The summed E-state index contributed by atoms with van der Waals surface area (Å²) in [7, 11) is 0. The Bertz CT molecular complexity index is 760. The molecule has 2 aromatic carbocycles. The maximum atomic E-state index is 14.1. The summed E-state index contributed by atoms with van der Waals surface area (Å²) >= 11 is 0. The Labute approximate surface area is 142 Å². The summed E-state index contributed by atoms with van der Waals surface area (Å²) in [6, 6.07) is 9.25. The van der Waals surface area contributed by atoms with Gasteiger partial charge >= 0.3 is 0 Å². The zero-order valence-electron chi connectivity index (χ0n) is 14.1. The van der Waals surface area contributed by atoms with E-state index in [1.165, 1.54) is 22.8 Å². The van der Waals surface area contributed by atoms with Gasteiger partial charge in [0.25, 0.3) is 0 Å². The van der Waals surface area contributed by atoms with Crippen molar-refractivity contribution in [1.29, 1.82) is 0 Å². The number of halogens is 1. The molecule has 0 bridgehead atoms. The van der Waals surface area contributed by atoms with E-state index in [-0.39, 0.29) is 5.82 Å². The molecule has 0 fully saturated rings. The predicted molar refractivity (Wildman–Crippen MR) is 94.4 cm³/mol. The molecule has 126 valence electrons. The molecule has 0 atom stereocenters. The standard InChI is InChI=1S/C20H23FN2O/c1-14-17-7-9-22-8-6-15(17)12-19-20(14)23(10-11-24-19)13-16-4-2-3-5-18(16)21/h2-5,12,22H,6-11,13H2,1H3. The summed E-state index contributed by atoms with van der Waals surface area (Å²) < 4.78 is 20.0. The molecule has 2 heterocycles. The van der Waals surface area contributed by atoms with E-state index in [1.807, 2.05) is 12.1 Å². The number of nitrogens with zero attached hydrogens (tertiary/aromatic N) is 1. The molecule has 2 aliphatic heterocycles. The number of hydrogen-bond donors (Lipinski definition) is 1. The van der Waals surface area contributed by atoms with Gasteiger partial charge in [0, 0.05) is 12.1 Å². The van der Waals surface area contributed by atoms with Gasteiger partial charge in [-0.3, -0.25) is 0 Å². The minimum Gasteiger partial charge on any atom is -0.490 e. The van der Waals surface area contributed by atoms with Crippen LogP contribution in [0.5, 0.6) is 5.75 Å². The third kappa shape index (κ3) is 2.75. The van der Waals surface area contributed by atoms with Gasteiger partial charge < -0.3 is 15.0 Å². The number of ether oxygens (including phenoxy) is 1. The van der Waals surface area contributed by atoms with Crippen molar-refractivity contribution >= 4 is 5.69 Å². The summed E-state index contributed by atoms with van der Waals surface area (Å²) in [5.74, 6) is 0.817. The molecule has 24 heavy (non-hydrogen) atoms. The Hall–Kier alpha value is -2.07. The summed E-state index contributed by atoms with van der Waals surface area (Å²) in [4.78, 5) is 2.27. The van der Waals surface area contributed by atoms with Crippen molar-refractivity contribution in [3.63, 3.8) is 0 Å². The molecule has 0 aromatic heterocycles. The molecule has 4 heteroatoms. The normalized spacial score (nSPS) is 16.8. The van der Waals surface area contributed by atoms with E-state index in [0.717, 1.165) is 49.5 Å². The molecule has 0 spiro atoms. The van der Waals surface area contributed by atoms with E-state index in [0.29, 0.717) is 13.2 Å². The minimum absolute atomic E-state index is 0.137. The van der Waals surface area contributed by atoms with E-state index in [9.17, 15) is 4.39 Å². The van der Waals surface area contributed by atoms with E-state index < -0.39 is 0 Å². The number of benzene rings is 2. The van der Waals surface area contributed by atoms with Gasteiger partial charge in [-0.05, 0) is 61.7 Å². The number of hydrogen-bond acceptors (Lipinski definition) is 3. The Kier molecular flexibility index (Phi) is 4.15. The van der Waals surface area contributed by atoms with Crippen molar-refractivity contribution in [3.05, 3.63) is 58.4 Å². The van der Waals surface area contributed by atoms with Crippen LogP contribution in [0.3, 0.4) is 0 Å². The fourth-order valence-electron chi connectivity index (χ4n) is 3.89. The van der Waals surface area contributed by atoms with Crippen LogP contribution < -0.4 is 15.0 Å². The van der Waals surface area contributed by atoms with Crippen molar-refractivity contribution in [2.24, 2.45) is 0 Å². The van der Waals surface area contributed by atoms with Crippen LogP contribution in [0.2, 0.25) is 0 Å². The van der Waals surface area contributed by atoms with Crippen LogP contribution in [0.1, 0.15) is 22.3 Å². The van der Waals surface area contributed by atoms with E-state index in [1.54, 1.807) is 6.07 Å². The number of fused-ring (bicyclic) bond motifs is 2. The van der Waals surface area contributed by atoms with Gasteiger partial charge in [0.2, 0.25) is 0 Å². The Morgan fingerprint density at radius 3 is 2.92 bits per heavy atom. The van der Waals surface area contributed by atoms with E-state index in [4.69, 9.17) is 4.74 Å². The highest BCUT2D eigenvalue weighted by Crippen LogP contribution is 2.40. The van der Waals surface area contributed by atoms with Gasteiger partial charge in [0.1, 0.15) is 18.2 Å². The molecule has 0 amide bonds. The molecule has 3 nitrogen and oxygen atoms in total. The molecule has 0 radical (unpaired) electrons. The highest BCUT2D eigenvalue weighted by molar-refractivity contribution is 5.69. The SMILES string of the molecule is Cc1c2c(cc3c1N(Cc1ccccc1F)CCO3)CCNCC2. The van der Waals surface area contributed by atoms with Crippen LogP contribution in [0.25, 0.3) is 0 Å². The second-order valence-corrected chi connectivity index (χ2v) is 6.60. The fraction of sp³-hybridized carbons (Fsp3) is 0.400. The molecular weight excluding hydrogens is 303 g/mol. The lowest BCUT2D eigenvalue weighted by atomic mass is 9.94. The lowest BCUT2D eigenvalue weighted by Gasteiger charge is -2.34. The van der Waals surface area contributed by atoms with Gasteiger partial charge in [-0.1, -0.05) is 18.2 Å². The van der Waals surface area contributed by atoms with Crippen LogP contribution in [-0.2, 0) is 19.4 Å². The van der Waals surface area contributed by atoms with Gasteiger partial charge in [0.05, 0.1) is 12.2 Å². The monoisotopic (exact) mass is 326 g/mol. The summed E-state index contributed by atoms with van der Waals surface area (Å²) in [6.45, 7) is 6.25. The van der Waals surface area contributed by atoms with Crippen LogP contribution in [0.15, 0.2) is 30.3 Å². The predicted octanol–water partition coefficient (Wildman–Crippen LogP) is 3.22. The first kappa shape index (κ1) is 15.5. The molecule has 2 aliphatic rings. The first-order chi connectivity index (χ1) is 11.7. The minimum atomic E-state index is -0.137. The molecule has 2 aromatic rings. The van der Waals surface area contributed by atoms with Gasteiger partial charge in [-0.2, -0.15) is 0 Å². The zero-order chi connectivity index (χ0) is 16.5. The third-order valence-corrected chi connectivity index (χ3v) is 5.11. The van der Waals surface area contributed by atoms with Gasteiger partial charge in [0.15, 0.2) is 0 Å². The van der Waals surface area contributed by atoms with Gasteiger partial charge in [-0.15, -0.1) is 0 Å².